The molecule has 0 aliphatic carbocycles. The van der Waals surface area contributed by atoms with Crippen molar-refractivity contribution in [2.24, 2.45) is 0 Å². The van der Waals surface area contributed by atoms with Gasteiger partial charge in [0.2, 0.25) is 0 Å². The number of aryl methyl sites for hydroxylation is 1. The van der Waals surface area contributed by atoms with Gasteiger partial charge in [0.15, 0.2) is 0 Å². The van der Waals surface area contributed by atoms with E-state index in [1.54, 1.807) is 11.3 Å². The van der Waals surface area contributed by atoms with Gasteiger partial charge in [0.25, 0.3) is 0 Å². The van der Waals surface area contributed by atoms with Gasteiger partial charge in [-0.25, -0.2) is 4.98 Å². The third-order valence-electron chi connectivity index (χ3n) is 2.71. The molecule has 1 aromatic heterocycles. The third-order valence-corrected chi connectivity index (χ3v) is 4.96. The molecule has 0 amide bonds. The Bertz CT molecular complexity index is 655. The second-order valence-electron chi connectivity index (χ2n) is 3.95. The van der Waals surface area contributed by atoms with E-state index < -0.39 is 0 Å². The van der Waals surface area contributed by atoms with E-state index in [0.717, 1.165) is 10.5 Å². The number of hydrogen-bond donors (Lipinski definition) is 0. The summed E-state index contributed by atoms with van der Waals surface area (Å²) in [5.74, 6) is 0. The summed E-state index contributed by atoms with van der Waals surface area (Å²) in [4.78, 5) is 4.67. The number of hydrogen-bond acceptors (Lipinski definition) is 2. The summed E-state index contributed by atoms with van der Waals surface area (Å²) >= 11 is 4.12. The van der Waals surface area contributed by atoms with Crippen LogP contribution >= 0.6 is 33.9 Å². The van der Waals surface area contributed by atoms with E-state index in [1.807, 2.05) is 6.07 Å². The van der Waals surface area contributed by atoms with Gasteiger partial charge >= 0.3 is 0 Å². The smallest absolute Gasteiger partial charge is 0.124 e. The van der Waals surface area contributed by atoms with E-state index in [2.05, 4.69) is 70.9 Å². The van der Waals surface area contributed by atoms with Crippen molar-refractivity contribution < 1.29 is 0 Å². The molecule has 17 heavy (non-hydrogen) atoms. The van der Waals surface area contributed by atoms with Crippen molar-refractivity contribution in [2.45, 2.75) is 6.92 Å². The lowest BCUT2D eigenvalue weighted by Gasteiger charge is -2.00. The largest absolute Gasteiger partial charge is 0.236 e. The Hall–Kier alpha value is -0.940. The summed E-state index contributed by atoms with van der Waals surface area (Å²) in [5, 5.41) is 1.10. The molecule has 3 heteroatoms. The maximum Gasteiger partial charge on any atom is 0.124 e. The number of rotatable bonds is 1. The molecular weight excluding hydrogens is 341 g/mol. The van der Waals surface area contributed by atoms with Gasteiger partial charge in [0.1, 0.15) is 5.01 Å². The Morgan fingerprint density at radius 1 is 1.12 bits per heavy atom. The number of fused-ring (bicyclic) bond motifs is 1. The predicted molar refractivity (Wildman–Crippen MR) is 82.5 cm³/mol. The molecule has 1 heterocycles. The van der Waals surface area contributed by atoms with Gasteiger partial charge in [-0.15, -0.1) is 11.3 Å². The van der Waals surface area contributed by atoms with Gasteiger partial charge < -0.3 is 0 Å². The van der Waals surface area contributed by atoms with Crippen LogP contribution in [-0.4, -0.2) is 4.98 Å². The quantitative estimate of drug-likeness (QED) is 0.570. The van der Waals surface area contributed by atoms with Crippen LogP contribution in [0.4, 0.5) is 0 Å². The molecule has 0 aliphatic rings. The van der Waals surface area contributed by atoms with E-state index >= 15 is 0 Å². The van der Waals surface area contributed by atoms with Crippen LogP contribution in [0.3, 0.4) is 0 Å². The van der Waals surface area contributed by atoms with E-state index in [0.29, 0.717) is 0 Å². The van der Waals surface area contributed by atoms with Gasteiger partial charge in [-0.2, -0.15) is 0 Å². The van der Waals surface area contributed by atoms with Gasteiger partial charge in [0, 0.05) is 9.13 Å². The Morgan fingerprint density at radius 3 is 2.71 bits per heavy atom. The summed E-state index contributed by atoms with van der Waals surface area (Å²) in [6, 6.07) is 14.8. The summed E-state index contributed by atoms with van der Waals surface area (Å²) in [5.41, 5.74) is 3.61. The fourth-order valence-electron chi connectivity index (χ4n) is 1.72. The predicted octanol–water partition coefficient (Wildman–Crippen LogP) is 4.88. The lowest BCUT2D eigenvalue weighted by molar-refractivity contribution is 1.41. The summed E-state index contributed by atoms with van der Waals surface area (Å²) < 4.78 is 2.54. The fraction of sp³-hybridized carbons (Fsp3) is 0.0714. The van der Waals surface area contributed by atoms with E-state index in [1.165, 1.54) is 19.4 Å². The van der Waals surface area contributed by atoms with Gasteiger partial charge in [0.05, 0.1) is 10.2 Å². The number of nitrogens with zero attached hydrogens (tertiary/aromatic N) is 1. The Balaban J connectivity index is 2.17. The maximum absolute atomic E-state index is 4.67. The molecule has 1 nitrogen and oxygen atoms in total. The SMILES string of the molecule is Cc1ccc(-c2nc3ccccc3s2)cc1I. The molecule has 0 spiro atoms. The highest BCUT2D eigenvalue weighted by atomic mass is 127. The zero-order valence-electron chi connectivity index (χ0n) is 9.27. The van der Waals surface area contributed by atoms with Crippen LogP contribution in [0.2, 0.25) is 0 Å². The second kappa shape index (κ2) is 4.38. The zero-order valence-corrected chi connectivity index (χ0v) is 12.2. The Morgan fingerprint density at radius 2 is 1.94 bits per heavy atom. The molecule has 0 unspecified atom stereocenters. The lowest BCUT2D eigenvalue weighted by Crippen LogP contribution is -1.82. The molecule has 0 saturated carbocycles. The first-order valence-corrected chi connectivity index (χ1v) is 7.26. The van der Waals surface area contributed by atoms with Crippen LogP contribution in [-0.2, 0) is 0 Å². The van der Waals surface area contributed by atoms with Crippen molar-refractivity contribution in [3.63, 3.8) is 0 Å². The molecule has 84 valence electrons. The molecule has 2 aromatic carbocycles. The minimum Gasteiger partial charge on any atom is -0.236 e. The standard InChI is InChI=1S/C14H10INS/c1-9-6-7-10(8-11(9)15)14-16-12-4-2-3-5-13(12)17-14/h2-8H,1H3. The molecule has 0 radical (unpaired) electrons. The highest BCUT2D eigenvalue weighted by molar-refractivity contribution is 14.1. The fourth-order valence-corrected chi connectivity index (χ4v) is 3.20. The molecule has 3 aromatic rings. The molecule has 0 atom stereocenters. The first-order valence-electron chi connectivity index (χ1n) is 5.36. The summed E-state index contributed by atoms with van der Waals surface area (Å²) in [7, 11) is 0. The van der Waals surface area contributed by atoms with Crippen molar-refractivity contribution in [2.75, 3.05) is 0 Å². The monoisotopic (exact) mass is 351 g/mol. The first kappa shape index (κ1) is 11.2. The maximum atomic E-state index is 4.67. The number of thiazole rings is 1. The average Bonchev–Trinajstić information content (AvgIpc) is 2.76. The Labute approximate surface area is 118 Å². The number of aromatic nitrogens is 1. The van der Waals surface area contributed by atoms with Crippen LogP contribution in [0.5, 0.6) is 0 Å². The molecular formula is C14H10INS. The van der Waals surface area contributed by atoms with Crippen molar-refractivity contribution in [3.05, 3.63) is 51.6 Å². The number of benzene rings is 2. The van der Waals surface area contributed by atoms with Crippen LogP contribution in [0, 0.1) is 10.5 Å². The van der Waals surface area contributed by atoms with E-state index in [4.69, 9.17) is 0 Å². The third kappa shape index (κ3) is 2.09. The molecule has 0 N–H and O–H groups in total. The van der Waals surface area contributed by atoms with E-state index in [-0.39, 0.29) is 0 Å². The van der Waals surface area contributed by atoms with Crippen molar-refractivity contribution in [1.29, 1.82) is 0 Å². The summed E-state index contributed by atoms with van der Waals surface area (Å²) in [6.07, 6.45) is 0. The Kier molecular flexibility index (Phi) is 2.88. The molecule has 0 saturated heterocycles. The lowest BCUT2D eigenvalue weighted by atomic mass is 10.2. The van der Waals surface area contributed by atoms with Crippen molar-refractivity contribution in [3.8, 4) is 10.6 Å². The average molecular weight is 351 g/mol. The molecule has 0 fully saturated rings. The highest BCUT2D eigenvalue weighted by Crippen LogP contribution is 2.31. The van der Waals surface area contributed by atoms with E-state index in [9.17, 15) is 0 Å². The molecule has 0 bridgehead atoms. The summed E-state index contributed by atoms with van der Waals surface area (Å²) in [6.45, 7) is 2.13. The van der Waals surface area contributed by atoms with Crippen LogP contribution < -0.4 is 0 Å². The van der Waals surface area contributed by atoms with Crippen molar-refractivity contribution in [1.82, 2.24) is 4.98 Å². The van der Waals surface area contributed by atoms with Crippen molar-refractivity contribution >= 4 is 44.1 Å². The normalized spacial score (nSPS) is 10.9. The van der Waals surface area contributed by atoms with Gasteiger partial charge in [-0.3, -0.25) is 0 Å². The molecule has 3 rings (SSSR count). The molecule has 0 aliphatic heterocycles. The van der Waals surface area contributed by atoms with Crippen LogP contribution in [0.15, 0.2) is 42.5 Å². The zero-order chi connectivity index (χ0) is 11.8. The van der Waals surface area contributed by atoms with Gasteiger partial charge in [-0.1, -0.05) is 24.3 Å². The highest BCUT2D eigenvalue weighted by Gasteiger charge is 2.06. The number of para-hydroxylation sites is 1. The second-order valence-corrected chi connectivity index (χ2v) is 6.14. The van der Waals surface area contributed by atoms with Gasteiger partial charge in [-0.05, 0) is 53.3 Å². The number of halogens is 1. The topological polar surface area (TPSA) is 12.9 Å². The van der Waals surface area contributed by atoms with Crippen LogP contribution in [0.25, 0.3) is 20.8 Å². The minimum atomic E-state index is 1.09. The first-order chi connectivity index (χ1) is 8.24. The van der Waals surface area contributed by atoms with Crippen LogP contribution in [0.1, 0.15) is 5.56 Å². The minimum absolute atomic E-state index is 1.09.